The predicted molar refractivity (Wildman–Crippen MR) is 87.5 cm³/mol. The maximum atomic E-state index is 12.0. The standard InChI is InChI=1S/C13H7Cl2N3O7/c14-3-1-4(9(18(24)25)5(15)2-3)6-7(12(20)21)10(16)17-11(19)8(6)13(22)23/h1-2H,(H,20,21)(H,22,23)(H3,16,17,19). The van der Waals surface area contributed by atoms with Crippen molar-refractivity contribution in [1.29, 1.82) is 0 Å². The Morgan fingerprint density at radius 3 is 2.20 bits per heavy atom. The summed E-state index contributed by atoms with van der Waals surface area (Å²) in [6, 6.07) is 1.95. The SMILES string of the molecule is Nc1[nH]c(=O)c(C(=O)O)c(-c2cc(Cl)cc(Cl)c2[N+](=O)[O-])c1C(=O)O. The molecule has 1 aromatic heterocycles. The summed E-state index contributed by atoms with van der Waals surface area (Å²) >= 11 is 11.6. The van der Waals surface area contributed by atoms with Gasteiger partial charge in [-0.3, -0.25) is 14.9 Å². The molecular formula is C13H7Cl2N3O7. The van der Waals surface area contributed by atoms with E-state index in [1.54, 1.807) is 0 Å². The molecule has 2 rings (SSSR count). The van der Waals surface area contributed by atoms with Crippen LogP contribution >= 0.6 is 23.2 Å². The smallest absolute Gasteiger partial charge is 0.342 e. The van der Waals surface area contributed by atoms with Crippen molar-refractivity contribution in [2.75, 3.05) is 5.73 Å². The first kappa shape index (κ1) is 18.2. The Hall–Kier alpha value is -3.11. The predicted octanol–water partition coefficient (Wildman–Crippen LogP) is 2.24. The fraction of sp³-hybridized carbons (Fsp3) is 0. The fourth-order valence-corrected chi connectivity index (χ4v) is 2.82. The minimum atomic E-state index is -1.82. The Kier molecular flexibility index (Phi) is 4.68. The van der Waals surface area contributed by atoms with Crippen molar-refractivity contribution in [3.8, 4) is 11.1 Å². The summed E-state index contributed by atoms with van der Waals surface area (Å²) in [5.74, 6) is -4.20. The van der Waals surface area contributed by atoms with E-state index < -0.39 is 61.2 Å². The summed E-state index contributed by atoms with van der Waals surface area (Å²) in [6.45, 7) is 0. The third kappa shape index (κ3) is 3.12. The molecule has 0 aliphatic heterocycles. The minimum absolute atomic E-state index is 0.142. The molecule has 1 aromatic carbocycles. The average Bonchev–Trinajstić information content (AvgIpc) is 2.43. The van der Waals surface area contributed by atoms with Crippen LogP contribution in [-0.2, 0) is 0 Å². The number of rotatable bonds is 4. The van der Waals surface area contributed by atoms with Gasteiger partial charge in [0.1, 0.15) is 22.0 Å². The highest BCUT2D eigenvalue weighted by molar-refractivity contribution is 6.37. The molecule has 0 saturated carbocycles. The van der Waals surface area contributed by atoms with Gasteiger partial charge in [0.25, 0.3) is 11.2 Å². The van der Waals surface area contributed by atoms with Gasteiger partial charge in [-0.1, -0.05) is 23.2 Å². The lowest BCUT2D eigenvalue weighted by atomic mass is 9.94. The zero-order chi connectivity index (χ0) is 19.0. The molecule has 0 fully saturated rings. The number of nitrogen functional groups attached to an aromatic ring is 1. The second kappa shape index (κ2) is 6.42. The van der Waals surface area contributed by atoms with Gasteiger partial charge in [-0.15, -0.1) is 0 Å². The van der Waals surface area contributed by atoms with Crippen molar-refractivity contribution >= 4 is 46.6 Å². The van der Waals surface area contributed by atoms with E-state index in [0.717, 1.165) is 12.1 Å². The van der Waals surface area contributed by atoms with Crippen molar-refractivity contribution in [1.82, 2.24) is 4.98 Å². The average molecular weight is 388 g/mol. The van der Waals surface area contributed by atoms with Crippen molar-refractivity contribution in [2.45, 2.75) is 0 Å². The van der Waals surface area contributed by atoms with Crippen molar-refractivity contribution < 1.29 is 24.7 Å². The van der Waals surface area contributed by atoms with Gasteiger partial charge >= 0.3 is 11.9 Å². The Morgan fingerprint density at radius 2 is 1.72 bits per heavy atom. The topological polar surface area (TPSA) is 177 Å². The molecule has 1 heterocycles. The number of halogens is 2. The van der Waals surface area contributed by atoms with Crippen LogP contribution in [0.4, 0.5) is 11.5 Å². The summed E-state index contributed by atoms with van der Waals surface area (Å²) in [5, 5.41) is 29.3. The van der Waals surface area contributed by atoms with Crippen LogP contribution in [0.25, 0.3) is 11.1 Å². The molecule has 0 aliphatic carbocycles. The zero-order valence-corrected chi connectivity index (χ0v) is 13.4. The van der Waals surface area contributed by atoms with Gasteiger partial charge in [0.05, 0.1) is 10.5 Å². The third-order valence-corrected chi connectivity index (χ3v) is 3.66. The number of hydrogen-bond acceptors (Lipinski definition) is 6. The van der Waals surface area contributed by atoms with Crippen molar-refractivity contribution in [3.05, 3.63) is 53.8 Å². The second-order valence-corrected chi connectivity index (χ2v) is 5.49. The Labute approximate surface area is 147 Å². The van der Waals surface area contributed by atoms with Crippen LogP contribution in [0.5, 0.6) is 0 Å². The van der Waals surface area contributed by atoms with Gasteiger partial charge in [-0.25, -0.2) is 9.59 Å². The number of aromatic amines is 1. The van der Waals surface area contributed by atoms with Crippen LogP contribution in [0.3, 0.4) is 0 Å². The molecule has 0 atom stereocenters. The number of pyridine rings is 1. The molecule has 0 saturated heterocycles. The van der Waals surface area contributed by atoms with E-state index in [0.29, 0.717) is 0 Å². The van der Waals surface area contributed by atoms with Crippen LogP contribution in [-0.4, -0.2) is 32.1 Å². The first-order valence-electron chi connectivity index (χ1n) is 6.22. The van der Waals surface area contributed by atoms with E-state index in [4.69, 9.17) is 28.9 Å². The molecule has 10 nitrogen and oxygen atoms in total. The number of aromatic nitrogens is 1. The summed E-state index contributed by atoms with van der Waals surface area (Å²) in [5.41, 5.74) is 0.198. The number of H-pyrrole nitrogens is 1. The highest BCUT2D eigenvalue weighted by Gasteiger charge is 2.32. The van der Waals surface area contributed by atoms with E-state index in [1.807, 2.05) is 4.98 Å². The number of nitro groups is 1. The molecule has 0 amide bonds. The molecule has 0 unspecified atom stereocenters. The number of carboxylic acids is 2. The number of carboxylic acid groups (broad SMARTS) is 2. The van der Waals surface area contributed by atoms with E-state index in [2.05, 4.69) is 0 Å². The van der Waals surface area contributed by atoms with E-state index in [1.165, 1.54) is 0 Å². The Morgan fingerprint density at radius 1 is 1.16 bits per heavy atom. The summed E-state index contributed by atoms with van der Waals surface area (Å²) in [7, 11) is 0. The maximum absolute atomic E-state index is 12.0. The first-order valence-corrected chi connectivity index (χ1v) is 6.98. The van der Waals surface area contributed by atoms with E-state index in [-0.39, 0.29) is 5.02 Å². The molecule has 12 heteroatoms. The molecular weight excluding hydrogens is 381 g/mol. The molecule has 2 aromatic rings. The minimum Gasteiger partial charge on any atom is -0.478 e. The lowest BCUT2D eigenvalue weighted by molar-refractivity contribution is -0.384. The summed E-state index contributed by atoms with van der Waals surface area (Å²) in [4.78, 5) is 47.2. The number of aromatic carboxylic acids is 2. The lowest BCUT2D eigenvalue weighted by Gasteiger charge is -2.13. The van der Waals surface area contributed by atoms with Crippen LogP contribution in [0, 0.1) is 10.1 Å². The number of benzene rings is 1. The monoisotopic (exact) mass is 387 g/mol. The number of carbonyl (C=O) groups is 2. The number of nitrogens with zero attached hydrogens (tertiary/aromatic N) is 1. The van der Waals surface area contributed by atoms with Crippen molar-refractivity contribution in [2.24, 2.45) is 0 Å². The largest absolute Gasteiger partial charge is 0.478 e. The Bertz CT molecular complexity index is 1000. The van der Waals surface area contributed by atoms with Gasteiger partial charge in [0.15, 0.2) is 0 Å². The third-order valence-electron chi connectivity index (χ3n) is 3.15. The summed E-state index contributed by atoms with van der Waals surface area (Å²) < 4.78 is 0. The number of nitro benzene ring substituents is 1. The maximum Gasteiger partial charge on any atom is 0.342 e. The van der Waals surface area contributed by atoms with Gasteiger partial charge in [-0.2, -0.15) is 0 Å². The van der Waals surface area contributed by atoms with Crippen molar-refractivity contribution in [3.63, 3.8) is 0 Å². The normalized spacial score (nSPS) is 10.5. The number of anilines is 1. The molecule has 0 spiro atoms. The van der Waals surface area contributed by atoms with E-state index in [9.17, 15) is 34.7 Å². The zero-order valence-electron chi connectivity index (χ0n) is 11.9. The van der Waals surface area contributed by atoms with Gasteiger partial charge in [0, 0.05) is 10.6 Å². The highest BCUT2D eigenvalue weighted by Crippen LogP contribution is 2.41. The quantitative estimate of drug-likeness (QED) is 0.455. The van der Waals surface area contributed by atoms with Crippen LogP contribution in [0.15, 0.2) is 16.9 Å². The molecule has 0 bridgehead atoms. The van der Waals surface area contributed by atoms with E-state index >= 15 is 0 Å². The van der Waals surface area contributed by atoms with Gasteiger partial charge < -0.3 is 20.9 Å². The lowest BCUT2D eigenvalue weighted by Crippen LogP contribution is -2.24. The fourth-order valence-electron chi connectivity index (χ4n) is 2.26. The van der Waals surface area contributed by atoms with Gasteiger partial charge in [0.2, 0.25) is 0 Å². The summed E-state index contributed by atoms with van der Waals surface area (Å²) in [6.07, 6.45) is 0. The van der Waals surface area contributed by atoms with Crippen LogP contribution < -0.4 is 11.3 Å². The molecule has 0 aliphatic rings. The second-order valence-electron chi connectivity index (χ2n) is 4.64. The Balaban J connectivity index is 3.17. The number of nitrogens with one attached hydrogen (secondary N) is 1. The van der Waals surface area contributed by atoms with Crippen LogP contribution in [0.1, 0.15) is 20.7 Å². The molecule has 5 N–H and O–H groups in total. The first-order chi connectivity index (χ1) is 11.6. The van der Waals surface area contributed by atoms with Crippen LogP contribution in [0.2, 0.25) is 10.0 Å². The highest BCUT2D eigenvalue weighted by atomic mass is 35.5. The molecule has 0 radical (unpaired) electrons. The van der Waals surface area contributed by atoms with Gasteiger partial charge in [-0.05, 0) is 12.1 Å². The molecule has 25 heavy (non-hydrogen) atoms. The molecule has 130 valence electrons. The number of hydrogen-bond donors (Lipinski definition) is 4. The number of nitrogens with two attached hydrogens (primary N) is 1.